The molecule has 0 aromatic rings. The normalized spacial score (nSPS) is 18.5. The average molecular weight is 217 g/mol. The van der Waals surface area contributed by atoms with Gasteiger partial charge in [0, 0.05) is 0 Å². The Hall–Kier alpha value is 0.375. The zero-order valence-electron chi connectivity index (χ0n) is 5.19. The Morgan fingerprint density at radius 1 is 1.36 bits per heavy atom. The second kappa shape index (κ2) is 4.41. The van der Waals surface area contributed by atoms with E-state index in [9.17, 15) is 13.7 Å². The monoisotopic (exact) mass is 217 g/mol. The summed E-state index contributed by atoms with van der Waals surface area (Å²) in [6, 6.07) is 0. The first-order valence-corrected chi connectivity index (χ1v) is 6.89. The molecule has 0 aliphatic rings. The third-order valence-electron chi connectivity index (χ3n) is 0.603. The molecule has 0 rings (SSSR count). The Morgan fingerprint density at radius 3 is 2.09 bits per heavy atom. The molecule has 0 aliphatic heterocycles. The maximum Gasteiger partial charge on any atom is 0.635 e. The lowest BCUT2D eigenvalue weighted by molar-refractivity contribution is 0.488. The summed E-state index contributed by atoms with van der Waals surface area (Å²) in [4.78, 5) is 25.0. The maximum absolute atomic E-state index is 10.6. The third-order valence-corrected chi connectivity index (χ3v) is 5.43. The summed E-state index contributed by atoms with van der Waals surface area (Å²) in [7, 11) is -9.60. The number of hydrogen-bond acceptors (Lipinski definition) is 3. The van der Waals surface area contributed by atoms with Crippen LogP contribution < -0.4 is 0 Å². The molecule has 3 unspecified atom stereocenters. The molecule has 0 aliphatic carbocycles. The zero-order valence-corrected chi connectivity index (χ0v) is 7.88. The minimum absolute atomic E-state index is 0.284. The SMILES string of the molecule is O=[P+](O)[B]P(=O)(O)C[P+](=O)O. The largest absolute Gasteiger partial charge is 0.635 e. The van der Waals surface area contributed by atoms with Crippen molar-refractivity contribution in [2.45, 2.75) is 0 Å². The van der Waals surface area contributed by atoms with Gasteiger partial charge in [-0.25, -0.2) is 0 Å². The highest BCUT2D eigenvalue weighted by Crippen LogP contribution is 2.50. The van der Waals surface area contributed by atoms with Crippen LogP contribution in [0.1, 0.15) is 0 Å². The first-order chi connectivity index (χ1) is 4.83. The standard InChI is InChI=1S/CH4BO6P3/c3-9(4)1-11(7,8)2-10(5)6/h1H2,(H2-,3,4,5,6,7,8)/q+1/p+1. The summed E-state index contributed by atoms with van der Waals surface area (Å²) in [6.07, 6.45) is 0. The van der Waals surface area contributed by atoms with Gasteiger partial charge in [0.2, 0.25) is 5.90 Å². The van der Waals surface area contributed by atoms with Crippen LogP contribution >= 0.6 is 23.2 Å². The van der Waals surface area contributed by atoms with Crippen LogP contribution in [-0.2, 0) is 13.7 Å². The van der Waals surface area contributed by atoms with Gasteiger partial charge in [-0.2, -0.15) is 9.79 Å². The molecule has 0 amide bonds. The smallest absolute Gasteiger partial charge is 0.345 e. The Morgan fingerprint density at radius 2 is 1.82 bits per heavy atom. The molecule has 3 N–H and O–H groups in total. The van der Waals surface area contributed by atoms with Gasteiger partial charge < -0.3 is 4.89 Å². The Balaban J connectivity index is 4.12. The minimum Gasteiger partial charge on any atom is -0.345 e. The second-order valence-electron chi connectivity index (χ2n) is 1.67. The van der Waals surface area contributed by atoms with E-state index in [1.807, 2.05) is 0 Å². The molecular formula is CH5BO6P3+2. The van der Waals surface area contributed by atoms with Crippen LogP contribution in [0, 0.1) is 0 Å². The molecule has 0 aromatic carbocycles. The lowest BCUT2D eigenvalue weighted by atomic mass is 10.7. The van der Waals surface area contributed by atoms with Gasteiger partial charge in [-0.15, -0.1) is 0 Å². The van der Waals surface area contributed by atoms with Gasteiger partial charge in [0.1, 0.15) is 0 Å². The van der Waals surface area contributed by atoms with Crippen LogP contribution in [-0.4, -0.2) is 27.3 Å². The molecule has 10 heteroatoms. The summed E-state index contributed by atoms with van der Waals surface area (Å²) < 4.78 is 30.6. The third kappa shape index (κ3) is 6.76. The van der Waals surface area contributed by atoms with Crippen LogP contribution in [0.15, 0.2) is 0 Å². The average Bonchev–Trinajstić information content (AvgIpc) is 1.53. The van der Waals surface area contributed by atoms with Gasteiger partial charge in [-0.1, -0.05) is 4.57 Å². The maximum atomic E-state index is 10.6. The van der Waals surface area contributed by atoms with Crippen molar-refractivity contribution in [3.05, 3.63) is 0 Å². The van der Waals surface area contributed by atoms with Crippen molar-refractivity contribution in [3.63, 3.8) is 0 Å². The van der Waals surface area contributed by atoms with E-state index in [1.54, 1.807) is 0 Å². The molecule has 0 saturated carbocycles. The molecule has 0 aromatic heterocycles. The van der Waals surface area contributed by atoms with Crippen molar-refractivity contribution in [3.8, 4) is 0 Å². The van der Waals surface area contributed by atoms with Gasteiger partial charge >= 0.3 is 22.7 Å². The zero-order chi connectivity index (χ0) is 9.07. The summed E-state index contributed by atoms with van der Waals surface area (Å²) in [5.41, 5.74) is 0. The highest BCUT2D eigenvalue weighted by atomic mass is 31.2. The predicted molar refractivity (Wildman–Crippen MR) is 40.1 cm³/mol. The Kier molecular flexibility index (Phi) is 4.56. The fourth-order valence-electron chi connectivity index (χ4n) is 0.364. The van der Waals surface area contributed by atoms with E-state index in [0.29, 0.717) is 0 Å². The van der Waals surface area contributed by atoms with Crippen molar-refractivity contribution in [2.24, 2.45) is 0 Å². The first-order valence-electron chi connectivity index (χ1n) is 2.30. The first kappa shape index (κ1) is 11.4. The van der Waals surface area contributed by atoms with Crippen molar-refractivity contribution in [2.75, 3.05) is 5.90 Å². The Labute approximate surface area is 65.0 Å². The van der Waals surface area contributed by atoms with E-state index in [0.717, 1.165) is 0 Å². The van der Waals surface area contributed by atoms with Crippen molar-refractivity contribution >= 4 is 29.9 Å². The fraction of sp³-hybridized carbons (Fsp3) is 1.00. The van der Waals surface area contributed by atoms with Crippen LogP contribution in [0.25, 0.3) is 0 Å². The summed E-state index contributed by atoms with van der Waals surface area (Å²) in [6.45, 7) is 0.284. The van der Waals surface area contributed by atoms with Crippen LogP contribution in [0.3, 0.4) is 0 Å². The van der Waals surface area contributed by atoms with E-state index in [1.165, 1.54) is 0 Å². The molecule has 0 heterocycles. The molecule has 3 atom stereocenters. The molecule has 0 saturated heterocycles. The van der Waals surface area contributed by atoms with Gasteiger partial charge in [-0.05, 0) is 4.57 Å². The molecule has 0 fully saturated rings. The van der Waals surface area contributed by atoms with Gasteiger partial charge in [0.05, 0.1) is 0 Å². The number of hydrogen-bond donors (Lipinski definition) is 3. The molecular weight excluding hydrogens is 212 g/mol. The molecule has 0 spiro atoms. The second-order valence-corrected chi connectivity index (χ2v) is 6.54. The molecule has 0 bridgehead atoms. The van der Waals surface area contributed by atoms with Crippen LogP contribution in [0.2, 0.25) is 0 Å². The van der Waals surface area contributed by atoms with Gasteiger partial charge in [-0.3, -0.25) is 4.57 Å². The highest BCUT2D eigenvalue weighted by molar-refractivity contribution is 8.11. The summed E-state index contributed by atoms with van der Waals surface area (Å²) >= 11 is 0. The fourth-order valence-corrected chi connectivity index (χ4v) is 3.94. The lowest BCUT2D eigenvalue weighted by Gasteiger charge is -1.89. The molecule has 1 radical (unpaired) electrons. The topological polar surface area (TPSA) is 112 Å². The van der Waals surface area contributed by atoms with Crippen LogP contribution in [0.5, 0.6) is 0 Å². The van der Waals surface area contributed by atoms with E-state index < -0.39 is 29.1 Å². The van der Waals surface area contributed by atoms with E-state index in [4.69, 9.17) is 14.7 Å². The van der Waals surface area contributed by atoms with E-state index >= 15 is 0 Å². The van der Waals surface area contributed by atoms with Crippen molar-refractivity contribution < 1.29 is 28.4 Å². The summed E-state index contributed by atoms with van der Waals surface area (Å²) in [5, 5.41) is 0. The van der Waals surface area contributed by atoms with E-state index in [-0.39, 0.29) is 6.72 Å². The Bertz CT molecular complexity index is 204. The predicted octanol–water partition coefficient (Wildman–Crippen LogP) is 0.218. The van der Waals surface area contributed by atoms with Crippen molar-refractivity contribution in [1.82, 2.24) is 0 Å². The quantitative estimate of drug-likeness (QED) is 0.458. The van der Waals surface area contributed by atoms with E-state index in [2.05, 4.69) is 0 Å². The lowest BCUT2D eigenvalue weighted by Crippen LogP contribution is -1.90. The molecule has 61 valence electrons. The number of rotatable bonds is 4. The van der Waals surface area contributed by atoms with Gasteiger partial charge in [0.15, 0.2) is 0 Å². The molecule has 11 heavy (non-hydrogen) atoms. The molecule has 6 nitrogen and oxygen atoms in total. The summed E-state index contributed by atoms with van der Waals surface area (Å²) in [5.74, 6) is -0.871. The highest BCUT2D eigenvalue weighted by Gasteiger charge is 2.44. The van der Waals surface area contributed by atoms with Crippen molar-refractivity contribution in [1.29, 1.82) is 0 Å². The minimum atomic E-state index is -4.00. The van der Waals surface area contributed by atoms with Gasteiger partial charge in [0.25, 0.3) is 7.25 Å². The van der Waals surface area contributed by atoms with Crippen LogP contribution in [0.4, 0.5) is 0 Å².